The van der Waals surface area contributed by atoms with Gasteiger partial charge in [0.1, 0.15) is 5.82 Å². The van der Waals surface area contributed by atoms with Crippen molar-refractivity contribution in [3.63, 3.8) is 0 Å². The lowest BCUT2D eigenvalue weighted by molar-refractivity contribution is 1.12. The van der Waals surface area contributed by atoms with Crippen LogP contribution in [-0.2, 0) is 0 Å². The van der Waals surface area contributed by atoms with Crippen molar-refractivity contribution in [1.29, 1.82) is 0 Å². The second kappa shape index (κ2) is 4.75. The highest BCUT2D eigenvalue weighted by molar-refractivity contribution is 9.10. The number of aryl methyl sites for hydroxylation is 1. The lowest BCUT2D eigenvalue weighted by Crippen LogP contribution is -2.12. The summed E-state index contributed by atoms with van der Waals surface area (Å²) in [4.78, 5) is 6.36. The molecule has 1 aromatic heterocycles. The second-order valence-electron chi connectivity index (χ2n) is 3.97. The topological polar surface area (TPSA) is 42.2 Å². The van der Waals surface area contributed by atoms with Crippen LogP contribution < -0.4 is 10.6 Å². The second-order valence-corrected chi connectivity index (χ2v) is 4.83. The molecule has 3 nitrogen and oxygen atoms in total. The van der Waals surface area contributed by atoms with Gasteiger partial charge in [0.25, 0.3) is 0 Å². The minimum atomic E-state index is 0.651. The van der Waals surface area contributed by atoms with Crippen LogP contribution in [0.3, 0.4) is 0 Å². The maximum atomic E-state index is 5.68. The lowest BCUT2D eigenvalue weighted by Gasteiger charge is -2.20. The molecule has 2 rings (SSSR count). The average molecular weight is 292 g/mol. The molecular formula is C13H14BrN3. The summed E-state index contributed by atoms with van der Waals surface area (Å²) in [6.45, 7) is 2.07. The van der Waals surface area contributed by atoms with E-state index in [4.69, 9.17) is 5.73 Å². The van der Waals surface area contributed by atoms with Gasteiger partial charge in [-0.3, -0.25) is 0 Å². The van der Waals surface area contributed by atoms with Gasteiger partial charge >= 0.3 is 0 Å². The van der Waals surface area contributed by atoms with E-state index in [2.05, 4.69) is 46.0 Å². The normalized spacial score (nSPS) is 10.3. The van der Waals surface area contributed by atoms with Crippen molar-refractivity contribution in [2.75, 3.05) is 17.7 Å². The van der Waals surface area contributed by atoms with Crippen LogP contribution in [0.4, 0.5) is 17.2 Å². The first-order chi connectivity index (χ1) is 8.08. The van der Waals surface area contributed by atoms with E-state index in [1.54, 1.807) is 6.20 Å². The molecule has 0 aliphatic carbocycles. The summed E-state index contributed by atoms with van der Waals surface area (Å²) in [6.07, 6.45) is 1.66. The van der Waals surface area contributed by atoms with E-state index in [-0.39, 0.29) is 0 Å². The molecular weight excluding hydrogens is 278 g/mol. The van der Waals surface area contributed by atoms with Crippen molar-refractivity contribution in [1.82, 2.24) is 4.98 Å². The predicted octanol–water partition coefficient (Wildman–Crippen LogP) is 3.50. The smallest absolute Gasteiger partial charge is 0.147 e. The number of hydrogen-bond acceptors (Lipinski definition) is 3. The third-order valence-electron chi connectivity index (χ3n) is 2.55. The molecule has 1 aromatic carbocycles. The van der Waals surface area contributed by atoms with E-state index in [0.717, 1.165) is 16.0 Å². The van der Waals surface area contributed by atoms with Gasteiger partial charge in [-0.15, -0.1) is 0 Å². The van der Waals surface area contributed by atoms with Crippen molar-refractivity contribution in [2.45, 2.75) is 6.92 Å². The fraction of sp³-hybridized carbons (Fsp3) is 0.154. The van der Waals surface area contributed by atoms with E-state index < -0.39 is 0 Å². The maximum Gasteiger partial charge on any atom is 0.147 e. The first-order valence-corrected chi connectivity index (χ1v) is 6.08. The van der Waals surface area contributed by atoms with Crippen LogP contribution in [0.25, 0.3) is 0 Å². The molecule has 0 aliphatic heterocycles. The van der Waals surface area contributed by atoms with Gasteiger partial charge in [0.2, 0.25) is 0 Å². The van der Waals surface area contributed by atoms with Gasteiger partial charge in [-0.05, 0) is 46.6 Å². The van der Waals surface area contributed by atoms with Crippen molar-refractivity contribution >= 4 is 33.1 Å². The van der Waals surface area contributed by atoms with Crippen molar-refractivity contribution in [3.05, 3.63) is 46.6 Å². The summed E-state index contributed by atoms with van der Waals surface area (Å²) >= 11 is 3.48. The van der Waals surface area contributed by atoms with Gasteiger partial charge in [-0.1, -0.05) is 12.1 Å². The van der Waals surface area contributed by atoms with Crippen LogP contribution in [0, 0.1) is 6.92 Å². The minimum Gasteiger partial charge on any atom is -0.397 e. The van der Waals surface area contributed by atoms with Crippen LogP contribution in [0.1, 0.15) is 5.56 Å². The number of nitrogens with zero attached hydrogens (tertiary/aromatic N) is 2. The predicted molar refractivity (Wildman–Crippen MR) is 75.6 cm³/mol. The Morgan fingerprint density at radius 2 is 2.06 bits per heavy atom. The Morgan fingerprint density at radius 1 is 1.29 bits per heavy atom. The molecule has 0 amide bonds. The number of nitrogen functional groups attached to an aromatic ring is 1. The van der Waals surface area contributed by atoms with Crippen LogP contribution in [0.15, 0.2) is 41.0 Å². The van der Waals surface area contributed by atoms with E-state index in [1.807, 2.05) is 24.1 Å². The fourth-order valence-electron chi connectivity index (χ4n) is 1.65. The minimum absolute atomic E-state index is 0.651. The van der Waals surface area contributed by atoms with Gasteiger partial charge in [0.15, 0.2) is 0 Å². The Hall–Kier alpha value is -1.55. The number of nitrogens with two attached hydrogens (primary N) is 1. The Kier molecular flexibility index (Phi) is 3.33. The standard InChI is InChI=1S/C13H14BrN3/c1-9-4-3-5-11(6-9)17(2)13-12(14)7-10(15)8-16-13/h3-8H,15H2,1-2H3. The van der Waals surface area contributed by atoms with E-state index in [1.165, 1.54) is 5.56 Å². The summed E-state index contributed by atoms with van der Waals surface area (Å²) in [7, 11) is 1.98. The summed E-state index contributed by atoms with van der Waals surface area (Å²) in [6, 6.07) is 10.1. The molecule has 1 heterocycles. The Labute approximate surface area is 109 Å². The number of pyridine rings is 1. The molecule has 0 saturated carbocycles. The third-order valence-corrected chi connectivity index (χ3v) is 3.13. The SMILES string of the molecule is Cc1cccc(N(C)c2ncc(N)cc2Br)c1. The molecule has 4 heteroatoms. The van der Waals surface area contributed by atoms with Gasteiger partial charge in [0.05, 0.1) is 16.4 Å². The maximum absolute atomic E-state index is 5.68. The van der Waals surface area contributed by atoms with Gasteiger partial charge in [-0.25, -0.2) is 4.98 Å². The molecule has 0 saturated heterocycles. The van der Waals surface area contributed by atoms with E-state index in [9.17, 15) is 0 Å². The quantitative estimate of drug-likeness (QED) is 0.921. The molecule has 0 unspecified atom stereocenters. The number of rotatable bonds is 2. The summed E-state index contributed by atoms with van der Waals surface area (Å²) < 4.78 is 0.890. The molecule has 0 aliphatic rings. The van der Waals surface area contributed by atoms with Gasteiger partial charge < -0.3 is 10.6 Å². The molecule has 88 valence electrons. The highest BCUT2D eigenvalue weighted by atomic mass is 79.9. The third kappa shape index (κ3) is 2.58. The zero-order chi connectivity index (χ0) is 12.4. The van der Waals surface area contributed by atoms with Crippen LogP contribution >= 0.6 is 15.9 Å². The first-order valence-electron chi connectivity index (χ1n) is 5.29. The van der Waals surface area contributed by atoms with Crippen LogP contribution in [-0.4, -0.2) is 12.0 Å². The molecule has 17 heavy (non-hydrogen) atoms. The highest BCUT2D eigenvalue weighted by Crippen LogP contribution is 2.30. The highest BCUT2D eigenvalue weighted by Gasteiger charge is 2.09. The van der Waals surface area contributed by atoms with Gasteiger partial charge in [-0.2, -0.15) is 0 Å². The van der Waals surface area contributed by atoms with E-state index >= 15 is 0 Å². The Balaban J connectivity index is 2.40. The van der Waals surface area contributed by atoms with Crippen molar-refractivity contribution in [3.8, 4) is 0 Å². The largest absolute Gasteiger partial charge is 0.397 e. The molecule has 0 bridgehead atoms. The number of anilines is 3. The van der Waals surface area contributed by atoms with Crippen molar-refractivity contribution in [2.24, 2.45) is 0 Å². The number of benzene rings is 1. The van der Waals surface area contributed by atoms with Crippen LogP contribution in [0.5, 0.6) is 0 Å². The molecule has 0 fully saturated rings. The molecule has 2 aromatic rings. The molecule has 0 spiro atoms. The monoisotopic (exact) mass is 291 g/mol. The Morgan fingerprint density at radius 3 is 2.71 bits per heavy atom. The van der Waals surface area contributed by atoms with Crippen molar-refractivity contribution < 1.29 is 0 Å². The van der Waals surface area contributed by atoms with E-state index in [0.29, 0.717) is 5.69 Å². The zero-order valence-electron chi connectivity index (χ0n) is 9.81. The molecule has 0 radical (unpaired) electrons. The fourth-order valence-corrected chi connectivity index (χ4v) is 2.28. The van der Waals surface area contributed by atoms with Crippen LogP contribution in [0.2, 0.25) is 0 Å². The average Bonchev–Trinajstić information content (AvgIpc) is 2.28. The zero-order valence-corrected chi connectivity index (χ0v) is 11.4. The molecule has 0 atom stereocenters. The summed E-state index contributed by atoms with van der Waals surface area (Å²) in [5, 5.41) is 0. The van der Waals surface area contributed by atoms with Gasteiger partial charge in [0, 0.05) is 12.7 Å². The lowest BCUT2D eigenvalue weighted by atomic mass is 10.2. The summed E-state index contributed by atoms with van der Waals surface area (Å²) in [5.74, 6) is 0.852. The number of aromatic nitrogens is 1. The summed E-state index contributed by atoms with van der Waals surface area (Å²) in [5.41, 5.74) is 8.65. The number of halogens is 1. The Bertz CT molecular complexity index is 540. The molecule has 2 N–H and O–H groups in total. The first kappa shape index (κ1) is 11.9. The number of hydrogen-bond donors (Lipinski definition) is 1.